The summed E-state index contributed by atoms with van der Waals surface area (Å²) in [6, 6.07) is 0. The smallest absolute Gasteiger partial charge is 0.166 e. The highest BCUT2D eigenvalue weighted by Crippen LogP contribution is 1.89. The third kappa shape index (κ3) is 0.871. The number of aliphatic imine (C=N–C) groups is 1. The maximum absolute atomic E-state index is 3.95. The molecule has 0 amide bonds. The number of quaternary nitrogens is 1. The summed E-state index contributed by atoms with van der Waals surface area (Å²) < 4.78 is 0. The molecule has 1 unspecified atom stereocenters. The molecule has 0 aliphatic carbocycles. The van der Waals surface area contributed by atoms with Gasteiger partial charge in [-0.05, 0) is 6.92 Å². The second kappa shape index (κ2) is 1.46. The molecule has 0 aromatic rings. The Hall–Kier alpha value is -0.630. The van der Waals surface area contributed by atoms with Gasteiger partial charge in [0.1, 0.15) is 0 Å². The van der Waals surface area contributed by atoms with Gasteiger partial charge < -0.3 is 4.90 Å². The molecule has 0 radical (unpaired) electrons. The SMILES string of the molecule is [CH2-][NH+]1C=NC(C)=C1. The van der Waals surface area contributed by atoms with E-state index < -0.39 is 0 Å². The van der Waals surface area contributed by atoms with Crippen molar-refractivity contribution in [3.63, 3.8) is 0 Å². The maximum Gasteiger partial charge on any atom is 0.166 e. The lowest BCUT2D eigenvalue weighted by atomic mass is 10.6. The Bertz CT molecular complexity index is 124. The lowest BCUT2D eigenvalue weighted by Gasteiger charge is -1.98. The van der Waals surface area contributed by atoms with Gasteiger partial charge in [-0.2, -0.15) is 0 Å². The predicted molar refractivity (Wildman–Crippen MR) is 28.6 cm³/mol. The van der Waals surface area contributed by atoms with Gasteiger partial charge in [0.15, 0.2) is 6.34 Å². The van der Waals surface area contributed by atoms with E-state index in [0.717, 1.165) is 10.6 Å². The second-order valence-electron chi connectivity index (χ2n) is 1.62. The van der Waals surface area contributed by atoms with Crippen molar-refractivity contribution in [3.05, 3.63) is 18.9 Å². The highest BCUT2D eigenvalue weighted by Gasteiger charge is 1.95. The molecule has 1 aliphatic rings. The first kappa shape index (κ1) is 4.53. The molecule has 2 heteroatoms. The van der Waals surface area contributed by atoms with Crippen molar-refractivity contribution in [1.29, 1.82) is 0 Å². The minimum atomic E-state index is 0.998. The van der Waals surface area contributed by atoms with Crippen LogP contribution >= 0.6 is 0 Å². The van der Waals surface area contributed by atoms with Crippen LogP contribution in [-0.2, 0) is 0 Å². The molecule has 1 N–H and O–H groups in total. The number of hydrogen-bond donors (Lipinski definition) is 1. The van der Waals surface area contributed by atoms with Crippen LogP contribution in [0.25, 0.3) is 0 Å². The van der Waals surface area contributed by atoms with Crippen LogP contribution in [0.5, 0.6) is 0 Å². The Morgan fingerprint density at radius 3 is 2.71 bits per heavy atom. The van der Waals surface area contributed by atoms with Crippen LogP contribution < -0.4 is 4.90 Å². The van der Waals surface area contributed by atoms with Crippen molar-refractivity contribution < 1.29 is 4.90 Å². The van der Waals surface area contributed by atoms with Gasteiger partial charge in [-0.25, -0.2) is 4.99 Å². The van der Waals surface area contributed by atoms with E-state index in [1.807, 2.05) is 13.1 Å². The molecule has 0 bridgehead atoms. The zero-order valence-corrected chi connectivity index (χ0v) is 4.31. The zero-order valence-electron chi connectivity index (χ0n) is 4.31. The summed E-state index contributed by atoms with van der Waals surface area (Å²) >= 11 is 0. The minimum absolute atomic E-state index is 0.998. The fourth-order valence-electron chi connectivity index (χ4n) is 0.528. The highest BCUT2D eigenvalue weighted by molar-refractivity contribution is 5.49. The lowest BCUT2D eigenvalue weighted by molar-refractivity contribution is -0.679. The molecule has 7 heavy (non-hydrogen) atoms. The predicted octanol–water partition coefficient (Wildman–Crippen LogP) is -0.434. The van der Waals surface area contributed by atoms with Gasteiger partial charge in [0, 0.05) is 0 Å². The molecule has 1 heterocycles. The van der Waals surface area contributed by atoms with Gasteiger partial charge >= 0.3 is 0 Å². The van der Waals surface area contributed by atoms with Crippen LogP contribution in [0.3, 0.4) is 0 Å². The van der Waals surface area contributed by atoms with Crippen LogP contribution in [0.15, 0.2) is 16.9 Å². The van der Waals surface area contributed by atoms with E-state index in [0.29, 0.717) is 0 Å². The summed E-state index contributed by atoms with van der Waals surface area (Å²) in [5.41, 5.74) is 1.05. The molecular formula is C5H8N2. The Morgan fingerprint density at radius 2 is 2.57 bits per heavy atom. The summed E-state index contributed by atoms with van der Waals surface area (Å²) in [6.45, 7) is 1.95. The summed E-state index contributed by atoms with van der Waals surface area (Å²) in [7, 11) is 3.68. The third-order valence-electron chi connectivity index (χ3n) is 0.828. The first-order valence-electron chi connectivity index (χ1n) is 2.20. The Labute approximate surface area is 43.2 Å². The quantitative estimate of drug-likeness (QED) is 0.394. The number of rotatable bonds is 0. The maximum atomic E-state index is 3.95. The van der Waals surface area contributed by atoms with Gasteiger partial charge in [0.05, 0.1) is 11.9 Å². The number of hydrogen-bond acceptors (Lipinski definition) is 1. The third-order valence-corrected chi connectivity index (χ3v) is 0.828. The molecule has 0 fully saturated rings. The summed E-state index contributed by atoms with van der Waals surface area (Å²) in [5.74, 6) is 0. The zero-order chi connectivity index (χ0) is 5.28. The average Bonchev–Trinajstić information content (AvgIpc) is 1.87. The lowest BCUT2D eigenvalue weighted by Crippen LogP contribution is -2.99. The molecule has 0 saturated heterocycles. The number of allylic oxidation sites excluding steroid dienone is 1. The van der Waals surface area contributed by atoms with Crippen molar-refractivity contribution in [2.24, 2.45) is 4.99 Å². The minimum Gasteiger partial charge on any atom is -0.397 e. The molecule has 2 nitrogen and oxygen atoms in total. The molecule has 0 spiro atoms. The molecule has 1 rings (SSSR count). The first-order valence-corrected chi connectivity index (χ1v) is 2.20. The van der Waals surface area contributed by atoms with Gasteiger partial charge in [-0.1, -0.05) is 0 Å². The number of nitrogens with one attached hydrogen (secondary N) is 1. The summed E-state index contributed by atoms with van der Waals surface area (Å²) in [4.78, 5) is 4.95. The van der Waals surface area contributed by atoms with Gasteiger partial charge in [-0.15, -0.1) is 7.05 Å². The normalized spacial score (nSPS) is 28.3. The average molecular weight is 96.1 g/mol. The molecule has 0 saturated carbocycles. The van der Waals surface area contributed by atoms with E-state index in [2.05, 4.69) is 12.0 Å². The van der Waals surface area contributed by atoms with E-state index in [4.69, 9.17) is 0 Å². The van der Waals surface area contributed by atoms with Gasteiger partial charge in [0.2, 0.25) is 0 Å². The number of nitrogens with zero attached hydrogens (tertiary/aromatic N) is 1. The molecule has 1 aliphatic heterocycles. The fraction of sp³-hybridized carbons (Fsp3) is 0.200. The monoisotopic (exact) mass is 96.1 g/mol. The van der Waals surface area contributed by atoms with Crippen LogP contribution in [0.1, 0.15) is 6.92 Å². The first-order chi connectivity index (χ1) is 3.29. The van der Waals surface area contributed by atoms with Crippen molar-refractivity contribution >= 4 is 6.34 Å². The Balaban J connectivity index is 2.69. The van der Waals surface area contributed by atoms with Crippen molar-refractivity contribution in [1.82, 2.24) is 0 Å². The van der Waals surface area contributed by atoms with E-state index in [1.165, 1.54) is 0 Å². The van der Waals surface area contributed by atoms with Crippen molar-refractivity contribution in [2.75, 3.05) is 0 Å². The second-order valence-corrected chi connectivity index (χ2v) is 1.62. The Morgan fingerprint density at radius 1 is 1.86 bits per heavy atom. The molecular weight excluding hydrogens is 88.1 g/mol. The van der Waals surface area contributed by atoms with Gasteiger partial charge in [-0.3, -0.25) is 0 Å². The summed E-state index contributed by atoms with van der Waals surface area (Å²) in [6.07, 6.45) is 3.70. The van der Waals surface area contributed by atoms with E-state index in [1.54, 1.807) is 6.34 Å². The Kier molecular flexibility index (Phi) is 0.947. The van der Waals surface area contributed by atoms with E-state index >= 15 is 0 Å². The molecule has 38 valence electrons. The van der Waals surface area contributed by atoms with Crippen molar-refractivity contribution in [3.8, 4) is 0 Å². The van der Waals surface area contributed by atoms with Crippen LogP contribution in [0.4, 0.5) is 0 Å². The van der Waals surface area contributed by atoms with Gasteiger partial charge in [0.25, 0.3) is 0 Å². The molecule has 1 atom stereocenters. The fourth-order valence-corrected chi connectivity index (χ4v) is 0.528. The van der Waals surface area contributed by atoms with Crippen molar-refractivity contribution in [2.45, 2.75) is 6.92 Å². The van der Waals surface area contributed by atoms with E-state index in [9.17, 15) is 0 Å². The van der Waals surface area contributed by atoms with E-state index in [-0.39, 0.29) is 0 Å². The topological polar surface area (TPSA) is 16.8 Å². The standard InChI is InChI=1S/C5H8N2/c1-5-3-7(2)4-6-5/h3-4,7H,2H2,1H3. The van der Waals surface area contributed by atoms with Crippen LogP contribution in [-0.4, -0.2) is 6.34 Å². The molecule has 0 aromatic heterocycles. The highest BCUT2D eigenvalue weighted by atomic mass is 15.1. The summed E-state index contributed by atoms with van der Waals surface area (Å²) in [5, 5.41) is 0. The molecule has 0 aromatic carbocycles. The van der Waals surface area contributed by atoms with Crippen LogP contribution in [0, 0.1) is 7.05 Å². The largest absolute Gasteiger partial charge is 0.397 e. The van der Waals surface area contributed by atoms with Crippen LogP contribution in [0.2, 0.25) is 0 Å².